The lowest BCUT2D eigenvalue weighted by Gasteiger charge is -2.12. The van der Waals surface area contributed by atoms with Crippen LogP contribution in [0.3, 0.4) is 0 Å². The number of benzene rings is 1. The maximum Gasteiger partial charge on any atom is 0.323 e. The minimum Gasteiger partial charge on any atom is -0.480 e. The van der Waals surface area contributed by atoms with Gasteiger partial charge in [0.2, 0.25) is 0 Å². The van der Waals surface area contributed by atoms with Crippen LogP contribution in [0.1, 0.15) is 22.4 Å². The Bertz CT molecular complexity index is 1030. The Kier molecular flexibility index (Phi) is 3.49. The van der Waals surface area contributed by atoms with Crippen molar-refractivity contribution in [2.75, 3.05) is 0 Å². The molecule has 0 bridgehead atoms. The van der Waals surface area contributed by atoms with Crippen LogP contribution in [-0.4, -0.2) is 20.6 Å². The molecule has 2 heterocycles. The highest BCUT2D eigenvalue weighted by molar-refractivity contribution is 7.18. The van der Waals surface area contributed by atoms with Crippen LogP contribution in [0.2, 0.25) is 0 Å². The van der Waals surface area contributed by atoms with Crippen molar-refractivity contribution >= 4 is 27.5 Å². The first kappa shape index (κ1) is 15.1. The van der Waals surface area contributed by atoms with E-state index in [0.717, 1.165) is 40.8 Å². The first-order valence-electron chi connectivity index (χ1n) is 7.89. The predicted molar refractivity (Wildman–Crippen MR) is 93.7 cm³/mol. The zero-order chi connectivity index (χ0) is 16.8. The molecule has 0 atom stereocenters. The zero-order valence-corrected chi connectivity index (χ0v) is 14.0. The third kappa shape index (κ3) is 2.26. The summed E-state index contributed by atoms with van der Waals surface area (Å²) in [6.07, 6.45) is 2.91. The fourth-order valence-electron chi connectivity index (χ4n) is 3.39. The highest BCUT2D eigenvalue weighted by Crippen LogP contribution is 2.35. The first-order chi connectivity index (χ1) is 11.6. The Morgan fingerprint density at radius 3 is 2.88 bits per heavy atom. The van der Waals surface area contributed by atoms with Gasteiger partial charge >= 0.3 is 5.97 Å². The van der Waals surface area contributed by atoms with Crippen LogP contribution in [0.15, 0.2) is 29.1 Å². The lowest BCUT2D eigenvalue weighted by molar-refractivity contribution is -0.137. The van der Waals surface area contributed by atoms with Gasteiger partial charge in [0.15, 0.2) is 0 Å². The number of aliphatic carboxylic acids is 1. The predicted octanol–water partition coefficient (Wildman–Crippen LogP) is 3.01. The van der Waals surface area contributed by atoms with Gasteiger partial charge in [0, 0.05) is 10.4 Å². The average Bonchev–Trinajstić information content (AvgIpc) is 3.10. The number of rotatable bonds is 3. The minimum absolute atomic E-state index is 0.236. The van der Waals surface area contributed by atoms with Gasteiger partial charge in [0.25, 0.3) is 5.56 Å². The number of carbonyl (C=O) groups is 1. The van der Waals surface area contributed by atoms with Gasteiger partial charge in [-0.3, -0.25) is 14.2 Å². The largest absolute Gasteiger partial charge is 0.480 e. The molecule has 1 aliphatic carbocycles. The number of aromatic nitrogens is 2. The van der Waals surface area contributed by atoms with Crippen molar-refractivity contribution in [3.05, 3.63) is 50.6 Å². The summed E-state index contributed by atoms with van der Waals surface area (Å²) in [4.78, 5) is 31.0. The molecule has 24 heavy (non-hydrogen) atoms. The summed E-state index contributed by atoms with van der Waals surface area (Å²) in [6.45, 7) is 1.56. The van der Waals surface area contributed by atoms with E-state index in [-0.39, 0.29) is 12.1 Å². The van der Waals surface area contributed by atoms with E-state index in [1.165, 1.54) is 9.44 Å². The molecule has 2 aromatic heterocycles. The van der Waals surface area contributed by atoms with Crippen molar-refractivity contribution in [1.29, 1.82) is 0 Å². The van der Waals surface area contributed by atoms with E-state index >= 15 is 0 Å². The van der Waals surface area contributed by atoms with Gasteiger partial charge in [-0.1, -0.05) is 24.3 Å². The topological polar surface area (TPSA) is 72.2 Å². The van der Waals surface area contributed by atoms with Crippen molar-refractivity contribution < 1.29 is 9.90 Å². The van der Waals surface area contributed by atoms with Crippen LogP contribution >= 0.6 is 11.3 Å². The second kappa shape index (κ2) is 5.56. The van der Waals surface area contributed by atoms with Gasteiger partial charge < -0.3 is 5.11 Å². The first-order valence-corrected chi connectivity index (χ1v) is 8.71. The van der Waals surface area contributed by atoms with Crippen LogP contribution in [0.4, 0.5) is 0 Å². The van der Waals surface area contributed by atoms with E-state index in [0.29, 0.717) is 11.2 Å². The maximum atomic E-state index is 13.1. The Labute approximate surface area is 142 Å². The molecule has 5 nitrogen and oxygen atoms in total. The van der Waals surface area contributed by atoms with Crippen LogP contribution in [0, 0.1) is 6.92 Å². The van der Waals surface area contributed by atoms with Gasteiger partial charge in [-0.15, -0.1) is 11.3 Å². The molecule has 1 N–H and O–H groups in total. The molecule has 4 rings (SSSR count). The van der Waals surface area contributed by atoms with Crippen molar-refractivity contribution in [1.82, 2.24) is 9.55 Å². The number of hydrogen-bond donors (Lipinski definition) is 1. The summed E-state index contributed by atoms with van der Waals surface area (Å²) in [5.41, 5.74) is 2.60. The number of hydrogen-bond acceptors (Lipinski definition) is 4. The zero-order valence-electron chi connectivity index (χ0n) is 13.2. The van der Waals surface area contributed by atoms with E-state index in [9.17, 15) is 14.7 Å². The number of aryl methyl sites for hydroxylation is 3. The van der Waals surface area contributed by atoms with Crippen molar-refractivity contribution in [2.24, 2.45) is 0 Å². The Balaban J connectivity index is 2.07. The van der Waals surface area contributed by atoms with E-state index < -0.39 is 5.97 Å². The van der Waals surface area contributed by atoms with Crippen molar-refractivity contribution in [2.45, 2.75) is 32.7 Å². The second-order valence-electron chi connectivity index (χ2n) is 6.07. The molecule has 6 heteroatoms. The maximum absolute atomic E-state index is 13.1. The Morgan fingerprint density at radius 2 is 2.12 bits per heavy atom. The quantitative estimate of drug-likeness (QED) is 0.795. The number of fused-ring (bicyclic) bond motifs is 3. The van der Waals surface area contributed by atoms with Gasteiger partial charge in [-0.05, 0) is 37.3 Å². The lowest BCUT2D eigenvalue weighted by atomic mass is 10.1. The highest BCUT2D eigenvalue weighted by atomic mass is 32.1. The Morgan fingerprint density at radius 1 is 1.33 bits per heavy atom. The molecule has 0 fully saturated rings. The standard InChI is InChI=1S/C18H16N2O3S/c1-10-5-2-3-6-11(10)16-19-17-15(12-7-4-8-13(12)24-17)18(23)20(16)9-14(21)22/h2-3,5-6H,4,7-9H2,1H3,(H,21,22). The monoisotopic (exact) mass is 340 g/mol. The number of carboxylic acid groups (broad SMARTS) is 1. The Hall–Kier alpha value is -2.47. The molecule has 3 aromatic rings. The smallest absolute Gasteiger partial charge is 0.323 e. The summed E-state index contributed by atoms with van der Waals surface area (Å²) in [6, 6.07) is 7.60. The molecule has 0 radical (unpaired) electrons. The second-order valence-corrected chi connectivity index (χ2v) is 7.16. The molecule has 0 spiro atoms. The van der Waals surface area contributed by atoms with E-state index in [1.807, 2.05) is 31.2 Å². The number of thiophene rings is 1. The highest BCUT2D eigenvalue weighted by Gasteiger charge is 2.24. The molecule has 0 aliphatic heterocycles. The molecule has 122 valence electrons. The molecule has 1 aliphatic rings. The van der Waals surface area contributed by atoms with E-state index in [1.54, 1.807) is 11.3 Å². The van der Waals surface area contributed by atoms with Crippen LogP contribution < -0.4 is 5.56 Å². The summed E-state index contributed by atoms with van der Waals surface area (Å²) in [7, 11) is 0. The van der Waals surface area contributed by atoms with Crippen molar-refractivity contribution in [3.8, 4) is 11.4 Å². The molecule has 1 aromatic carbocycles. The molecule has 0 saturated carbocycles. The number of nitrogens with zero attached hydrogens (tertiary/aromatic N) is 2. The van der Waals surface area contributed by atoms with Gasteiger partial charge in [-0.2, -0.15) is 0 Å². The normalized spacial score (nSPS) is 13.4. The van der Waals surface area contributed by atoms with E-state index in [2.05, 4.69) is 0 Å². The van der Waals surface area contributed by atoms with E-state index in [4.69, 9.17) is 4.98 Å². The minimum atomic E-state index is -1.04. The SMILES string of the molecule is Cc1ccccc1-c1nc2sc3c(c2c(=O)n1CC(=O)O)CCC3. The third-order valence-electron chi connectivity index (χ3n) is 4.50. The fraction of sp³-hybridized carbons (Fsp3) is 0.278. The molecule has 0 amide bonds. The average molecular weight is 340 g/mol. The summed E-state index contributed by atoms with van der Waals surface area (Å²) in [5.74, 6) is -0.604. The molecular weight excluding hydrogens is 324 g/mol. The fourth-order valence-corrected chi connectivity index (χ4v) is 4.64. The van der Waals surface area contributed by atoms with Gasteiger partial charge in [0.1, 0.15) is 17.2 Å². The summed E-state index contributed by atoms with van der Waals surface area (Å²) in [5, 5.41) is 9.88. The molecular formula is C18H16N2O3S. The van der Waals surface area contributed by atoms with Crippen LogP contribution in [-0.2, 0) is 24.2 Å². The van der Waals surface area contributed by atoms with Gasteiger partial charge in [-0.25, -0.2) is 4.98 Å². The van der Waals surface area contributed by atoms with Crippen LogP contribution in [0.25, 0.3) is 21.6 Å². The molecule has 0 unspecified atom stereocenters. The lowest BCUT2D eigenvalue weighted by Crippen LogP contribution is -2.27. The van der Waals surface area contributed by atoms with Crippen LogP contribution in [0.5, 0.6) is 0 Å². The summed E-state index contributed by atoms with van der Waals surface area (Å²) < 4.78 is 1.30. The summed E-state index contributed by atoms with van der Waals surface area (Å²) >= 11 is 1.57. The van der Waals surface area contributed by atoms with Crippen molar-refractivity contribution in [3.63, 3.8) is 0 Å². The molecule has 0 saturated heterocycles. The number of carboxylic acids is 1. The third-order valence-corrected chi connectivity index (χ3v) is 5.69. The van der Waals surface area contributed by atoms with Gasteiger partial charge in [0.05, 0.1) is 5.39 Å².